The van der Waals surface area contributed by atoms with Gasteiger partial charge in [-0.1, -0.05) is 19.1 Å². The highest BCUT2D eigenvalue weighted by Crippen LogP contribution is 2.38. The highest BCUT2D eigenvalue weighted by molar-refractivity contribution is 6.05. The van der Waals surface area contributed by atoms with Gasteiger partial charge in [-0.3, -0.25) is 9.59 Å². The third kappa shape index (κ3) is 4.22. The predicted octanol–water partition coefficient (Wildman–Crippen LogP) is 4.55. The van der Waals surface area contributed by atoms with Crippen LogP contribution in [0.25, 0.3) is 0 Å². The van der Waals surface area contributed by atoms with Crippen LogP contribution in [-0.4, -0.2) is 11.8 Å². The van der Waals surface area contributed by atoms with Crippen LogP contribution in [0.1, 0.15) is 29.3 Å². The molecule has 0 aromatic heterocycles. The van der Waals surface area contributed by atoms with Crippen LogP contribution in [-0.2, 0) is 11.0 Å². The van der Waals surface area contributed by atoms with E-state index in [0.29, 0.717) is 11.6 Å². The largest absolute Gasteiger partial charge is 0.416 e. The second-order valence-corrected chi connectivity index (χ2v) is 6.42. The van der Waals surface area contributed by atoms with Crippen LogP contribution < -0.4 is 10.6 Å². The average molecular weight is 362 g/mol. The number of carbonyl (C=O) groups is 2. The van der Waals surface area contributed by atoms with Crippen molar-refractivity contribution in [1.29, 1.82) is 0 Å². The van der Waals surface area contributed by atoms with Crippen LogP contribution >= 0.6 is 0 Å². The molecule has 1 fully saturated rings. The summed E-state index contributed by atoms with van der Waals surface area (Å²) in [5.74, 6) is -0.284. The Morgan fingerprint density at radius 2 is 1.62 bits per heavy atom. The number of carbonyl (C=O) groups excluding carboxylic acids is 2. The standard InChI is InChI=1S/C19H17F3N2O2/c1-11-8-16(11)18(26)24-14-6-2-4-12(9-14)17(25)23-15-7-3-5-13(10-15)19(20,21)22/h2-7,9-11,16H,8H2,1H3,(H,23,25)(H,24,26)/t11-,16-/m1/s1. The van der Waals surface area contributed by atoms with E-state index in [0.717, 1.165) is 18.6 Å². The highest BCUT2D eigenvalue weighted by atomic mass is 19.4. The lowest BCUT2D eigenvalue weighted by atomic mass is 10.1. The maximum absolute atomic E-state index is 12.7. The minimum absolute atomic E-state index is 0.00223. The molecular weight excluding hydrogens is 345 g/mol. The van der Waals surface area contributed by atoms with Gasteiger partial charge in [0.2, 0.25) is 5.91 Å². The Labute approximate surface area is 148 Å². The molecule has 0 spiro atoms. The van der Waals surface area contributed by atoms with Gasteiger partial charge in [-0.25, -0.2) is 0 Å². The molecule has 3 rings (SSSR count). The lowest BCUT2D eigenvalue weighted by Crippen LogP contribution is -2.16. The fourth-order valence-corrected chi connectivity index (χ4v) is 2.64. The topological polar surface area (TPSA) is 58.2 Å². The molecule has 0 bridgehead atoms. The van der Waals surface area contributed by atoms with Gasteiger partial charge in [0, 0.05) is 22.9 Å². The Morgan fingerprint density at radius 3 is 2.23 bits per heavy atom. The number of halogens is 3. The molecule has 136 valence electrons. The lowest BCUT2D eigenvalue weighted by molar-refractivity contribution is -0.137. The van der Waals surface area contributed by atoms with Crippen molar-refractivity contribution in [2.24, 2.45) is 11.8 Å². The monoisotopic (exact) mass is 362 g/mol. The number of nitrogens with one attached hydrogen (secondary N) is 2. The fraction of sp³-hybridized carbons (Fsp3) is 0.263. The van der Waals surface area contributed by atoms with Crippen molar-refractivity contribution in [3.05, 3.63) is 59.7 Å². The third-order valence-electron chi connectivity index (χ3n) is 4.29. The van der Waals surface area contributed by atoms with Crippen molar-refractivity contribution in [2.75, 3.05) is 10.6 Å². The number of hydrogen-bond acceptors (Lipinski definition) is 2. The van der Waals surface area contributed by atoms with Crippen molar-refractivity contribution >= 4 is 23.2 Å². The Morgan fingerprint density at radius 1 is 1.00 bits per heavy atom. The van der Waals surface area contributed by atoms with E-state index in [9.17, 15) is 22.8 Å². The summed E-state index contributed by atoms with van der Waals surface area (Å²) in [6, 6.07) is 10.7. The van der Waals surface area contributed by atoms with E-state index < -0.39 is 17.6 Å². The molecule has 0 heterocycles. The first-order valence-electron chi connectivity index (χ1n) is 8.13. The molecule has 0 unspecified atom stereocenters. The maximum atomic E-state index is 12.7. The zero-order chi connectivity index (χ0) is 18.9. The normalized spacial score (nSPS) is 18.9. The molecule has 2 atom stereocenters. The Balaban J connectivity index is 1.70. The van der Waals surface area contributed by atoms with Gasteiger partial charge in [0.25, 0.3) is 5.91 Å². The molecule has 0 radical (unpaired) electrons. The van der Waals surface area contributed by atoms with Gasteiger partial charge in [0.05, 0.1) is 5.56 Å². The Hall–Kier alpha value is -2.83. The van der Waals surface area contributed by atoms with Crippen molar-refractivity contribution in [3.8, 4) is 0 Å². The van der Waals surface area contributed by atoms with Crippen LogP contribution in [0, 0.1) is 11.8 Å². The van der Waals surface area contributed by atoms with Crippen LogP contribution in [0.15, 0.2) is 48.5 Å². The van der Waals surface area contributed by atoms with E-state index in [1.165, 1.54) is 24.3 Å². The predicted molar refractivity (Wildman–Crippen MR) is 91.7 cm³/mol. The molecule has 26 heavy (non-hydrogen) atoms. The molecule has 1 aliphatic rings. The summed E-state index contributed by atoms with van der Waals surface area (Å²) >= 11 is 0. The second kappa shape index (κ2) is 6.82. The maximum Gasteiger partial charge on any atom is 0.416 e. The van der Waals surface area contributed by atoms with Gasteiger partial charge in [-0.05, 0) is 48.7 Å². The molecule has 4 nitrogen and oxygen atoms in total. The average Bonchev–Trinajstić information content (AvgIpc) is 3.31. The molecule has 7 heteroatoms. The zero-order valence-corrected chi connectivity index (χ0v) is 13.9. The van der Waals surface area contributed by atoms with E-state index in [-0.39, 0.29) is 23.1 Å². The third-order valence-corrected chi connectivity index (χ3v) is 4.29. The summed E-state index contributed by atoms with van der Waals surface area (Å²) in [5, 5.41) is 5.20. The number of alkyl halides is 3. The lowest BCUT2D eigenvalue weighted by Gasteiger charge is -2.11. The van der Waals surface area contributed by atoms with Gasteiger partial charge < -0.3 is 10.6 Å². The van der Waals surface area contributed by atoms with E-state index in [2.05, 4.69) is 10.6 Å². The molecule has 0 aliphatic heterocycles. The quantitative estimate of drug-likeness (QED) is 0.838. The minimum Gasteiger partial charge on any atom is -0.326 e. The molecule has 2 aromatic rings. The molecule has 1 aliphatic carbocycles. The smallest absolute Gasteiger partial charge is 0.326 e. The van der Waals surface area contributed by atoms with Crippen LogP contribution in [0.4, 0.5) is 24.5 Å². The van der Waals surface area contributed by atoms with Crippen LogP contribution in [0.5, 0.6) is 0 Å². The van der Waals surface area contributed by atoms with Gasteiger partial charge in [0.15, 0.2) is 0 Å². The van der Waals surface area contributed by atoms with E-state index in [4.69, 9.17) is 0 Å². The summed E-state index contributed by atoms with van der Waals surface area (Å²) in [6.07, 6.45) is -3.63. The summed E-state index contributed by atoms with van der Waals surface area (Å²) in [4.78, 5) is 24.3. The summed E-state index contributed by atoms with van der Waals surface area (Å²) < 4.78 is 38.2. The van der Waals surface area contributed by atoms with Crippen LogP contribution in [0.3, 0.4) is 0 Å². The summed E-state index contributed by atoms with van der Waals surface area (Å²) in [5.41, 5.74) is -0.0733. The summed E-state index contributed by atoms with van der Waals surface area (Å²) in [6.45, 7) is 1.99. The first-order valence-corrected chi connectivity index (χ1v) is 8.13. The molecule has 2 N–H and O–H groups in total. The number of benzene rings is 2. The summed E-state index contributed by atoms with van der Waals surface area (Å²) in [7, 11) is 0. The van der Waals surface area contributed by atoms with Crippen molar-refractivity contribution in [3.63, 3.8) is 0 Å². The second-order valence-electron chi connectivity index (χ2n) is 6.42. The molecule has 0 saturated heterocycles. The molecule has 2 amide bonds. The minimum atomic E-state index is -4.48. The van der Waals surface area contributed by atoms with E-state index in [1.54, 1.807) is 12.1 Å². The zero-order valence-electron chi connectivity index (χ0n) is 13.9. The van der Waals surface area contributed by atoms with Crippen molar-refractivity contribution < 1.29 is 22.8 Å². The van der Waals surface area contributed by atoms with E-state index >= 15 is 0 Å². The first-order chi connectivity index (χ1) is 12.2. The molecular formula is C19H17F3N2O2. The number of anilines is 2. The first kappa shape index (κ1) is 18.0. The number of amides is 2. The Kier molecular flexibility index (Phi) is 4.71. The number of rotatable bonds is 4. The van der Waals surface area contributed by atoms with Crippen molar-refractivity contribution in [1.82, 2.24) is 0 Å². The van der Waals surface area contributed by atoms with Gasteiger partial charge in [-0.2, -0.15) is 13.2 Å². The van der Waals surface area contributed by atoms with Crippen LogP contribution in [0.2, 0.25) is 0 Å². The van der Waals surface area contributed by atoms with E-state index in [1.807, 2.05) is 6.92 Å². The highest BCUT2D eigenvalue weighted by Gasteiger charge is 2.39. The Bertz CT molecular complexity index is 849. The van der Waals surface area contributed by atoms with Crippen molar-refractivity contribution in [2.45, 2.75) is 19.5 Å². The van der Waals surface area contributed by atoms with Gasteiger partial charge in [0.1, 0.15) is 0 Å². The van der Waals surface area contributed by atoms with Gasteiger partial charge in [-0.15, -0.1) is 0 Å². The fourth-order valence-electron chi connectivity index (χ4n) is 2.64. The SMILES string of the molecule is C[C@@H]1C[C@H]1C(=O)Nc1cccc(C(=O)Nc2cccc(C(F)(F)F)c2)c1. The number of hydrogen-bond donors (Lipinski definition) is 2. The van der Waals surface area contributed by atoms with Gasteiger partial charge >= 0.3 is 6.18 Å². The molecule has 2 aromatic carbocycles. The molecule has 1 saturated carbocycles.